The van der Waals surface area contributed by atoms with Crippen LogP contribution in [-0.2, 0) is 17.4 Å². The second kappa shape index (κ2) is 7.72. The number of benzene rings is 2. The molecule has 128 valence electrons. The number of hydrazine groups is 1. The summed E-state index contributed by atoms with van der Waals surface area (Å²) in [6.07, 6.45) is -3.62. The maximum absolute atomic E-state index is 12.8. The Kier molecular flexibility index (Phi) is 5.68. The lowest BCUT2D eigenvalue weighted by Gasteiger charge is -2.15. The van der Waals surface area contributed by atoms with Crippen LogP contribution in [0.1, 0.15) is 18.1 Å². The molecule has 0 aliphatic carbocycles. The number of aryl methyl sites for hydroxylation is 1. The molecular weight excluding hydrogens is 321 g/mol. The monoisotopic (exact) mass is 338 g/mol. The van der Waals surface area contributed by atoms with Gasteiger partial charge in [0.2, 0.25) is 0 Å². The molecule has 4 nitrogen and oxygen atoms in total. The predicted molar refractivity (Wildman–Crippen MR) is 84.5 cm³/mol. The molecule has 0 aromatic heterocycles. The van der Waals surface area contributed by atoms with Gasteiger partial charge in [-0.2, -0.15) is 13.2 Å². The molecule has 0 spiro atoms. The van der Waals surface area contributed by atoms with E-state index in [0.717, 1.165) is 18.1 Å². The summed E-state index contributed by atoms with van der Waals surface area (Å²) in [4.78, 5) is 11.7. The number of carbonyl (C=O) groups is 1. The fourth-order valence-electron chi connectivity index (χ4n) is 1.98. The van der Waals surface area contributed by atoms with Gasteiger partial charge in [0.05, 0.1) is 11.3 Å². The minimum Gasteiger partial charge on any atom is -0.484 e. The highest BCUT2D eigenvalue weighted by atomic mass is 19.4. The van der Waals surface area contributed by atoms with Gasteiger partial charge in [-0.25, -0.2) is 0 Å². The topological polar surface area (TPSA) is 50.4 Å². The first-order valence-electron chi connectivity index (χ1n) is 7.33. The number of amides is 1. The smallest absolute Gasteiger partial charge is 0.418 e. The van der Waals surface area contributed by atoms with Crippen LogP contribution in [0.5, 0.6) is 5.75 Å². The van der Waals surface area contributed by atoms with E-state index in [1.54, 1.807) is 12.1 Å². The van der Waals surface area contributed by atoms with Crippen LogP contribution in [0.15, 0.2) is 48.5 Å². The van der Waals surface area contributed by atoms with Crippen LogP contribution >= 0.6 is 0 Å². The number of para-hydroxylation sites is 1. The van der Waals surface area contributed by atoms with E-state index >= 15 is 0 Å². The molecule has 2 aromatic carbocycles. The lowest BCUT2D eigenvalue weighted by Crippen LogP contribution is -2.34. The molecule has 0 saturated heterocycles. The number of hydrogen-bond donors (Lipinski definition) is 2. The molecule has 2 aromatic rings. The maximum atomic E-state index is 12.8. The molecule has 0 heterocycles. The molecule has 0 aliphatic heterocycles. The summed E-state index contributed by atoms with van der Waals surface area (Å²) in [5.74, 6) is -0.0791. The van der Waals surface area contributed by atoms with E-state index in [2.05, 4.69) is 10.9 Å². The van der Waals surface area contributed by atoms with Gasteiger partial charge in [-0.15, -0.1) is 0 Å². The van der Waals surface area contributed by atoms with Crippen molar-refractivity contribution < 1.29 is 22.7 Å². The SMILES string of the molecule is CCc1ccc(OCC(=O)NNc2ccccc2C(F)(F)F)cc1. The second-order valence-corrected chi connectivity index (χ2v) is 5.00. The number of alkyl halides is 3. The van der Waals surface area contributed by atoms with Gasteiger partial charge < -0.3 is 4.74 Å². The summed E-state index contributed by atoms with van der Waals surface area (Å²) in [6, 6.07) is 12.1. The number of carbonyl (C=O) groups excluding carboxylic acids is 1. The normalized spacial score (nSPS) is 11.0. The molecule has 2 N–H and O–H groups in total. The van der Waals surface area contributed by atoms with E-state index in [9.17, 15) is 18.0 Å². The number of ether oxygens (including phenoxy) is 1. The fourth-order valence-corrected chi connectivity index (χ4v) is 1.98. The van der Waals surface area contributed by atoms with Gasteiger partial charge in [-0.1, -0.05) is 31.2 Å². The molecule has 0 fully saturated rings. The van der Waals surface area contributed by atoms with E-state index in [0.29, 0.717) is 5.75 Å². The second-order valence-electron chi connectivity index (χ2n) is 5.00. The van der Waals surface area contributed by atoms with Gasteiger partial charge in [0.25, 0.3) is 5.91 Å². The van der Waals surface area contributed by atoms with Crippen LogP contribution in [0, 0.1) is 0 Å². The molecule has 0 aliphatic rings. The highest BCUT2D eigenvalue weighted by Crippen LogP contribution is 2.34. The molecule has 1 amide bonds. The Morgan fingerprint density at radius 1 is 1.08 bits per heavy atom. The van der Waals surface area contributed by atoms with Crippen LogP contribution in [0.3, 0.4) is 0 Å². The van der Waals surface area contributed by atoms with E-state index in [-0.39, 0.29) is 12.3 Å². The minimum absolute atomic E-state index is 0.231. The molecule has 0 radical (unpaired) electrons. The summed E-state index contributed by atoms with van der Waals surface area (Å²) < 4.78 is 43.8. The first-order valence-corrected chi connectivity index (χ1v) is 7.33. The Morgan fingerprint density at radius 3 is 2.38 bits per heavy atom. The van der Waals surface area contributed by atoms with Gasteiger partial charge >= 0.3 is 6.18 Å². The summed E-state index contributed by atoms with van der Waals surface area (Å²) in [6.45, 7) is 1.71. The third-order valence-electron chi connectivity index (χ3n) is 3.27. The Balaban J connectivity index is 1.87. The van der Waals surface area contributed by atoms with E-state index in [1.165, 1.54) is 18.2 Å². The average molecular weight is 338 g/mol. The van der Waals surface area contributed by atoms with Crippen LogP contribution in [-0.4, -0.2) is 12.5 Å². The van der Waals surface area contributed by atoms with Crippen LogP contribution in [0.25, 0.3) is 0 Å². The molecule has 7 heteroatoms. The summed E-state index contributed by atoms with van der Waals surface area (Å²) >= 11 is 0. The summed E-state index contributed by atoms with van der Waals surface area (Å²) in [7, 11) is 0. The van der Waals surface area contributed by atoms with Gasteiger partial charge in [0.1, 0.15) is 5.75 Å². The van der Waals surface area contributed by atoms with Crippen molar-refractivity contribution in [1.29, 1.82) is 0 Å². The van der Waals surface area contributed by atoms with Crippen molar-refractivity contribution in [3.8, 4) is 5.75 Å². The Labute approximate surface area is 137 Å². The molecule has 0 bridgehead atoms. The predicted octanol–water partition coefficient (Wildman–Crippen LogP) is 3.79. The number of halogens is 3. The molecule has 0 saturated carbocycles. The number of hydrogen-bond acceptors (Lipinski definition) is 3. The standard InChI is InChI=1S/C17H17F3N2O2/c1-2-12-7-9-13(10-8-12)24-11-16(23)22-21-15-6-4-3-5-14(15)17(18,19)20/h3-10,21H,2,11H2,1H3,(H,22,23). The highest BCUT2D eigenvalue weighted by Gasteiger charge is 2.33. The minimum atomic E-state index is -4.51. The van der Waals surface area contributed by atoms with Crippen molar-refractivity contribution in [2.24, 2.45) is 0 Å². The zero-order valence-corrected chi connectivity index (χ0v) is 13.0. The van der Waals surface area contributed by atoms with Crippen molar-refractivity contribution in [3.05, 3.63) is 59.7 Å². The first-order chi connectivity index (χ1) is 11.4. The Morgan fingerprint density at radius 2 is 1.75 bits per heavy atom. The van der Waals surface area contributed by atoms with Gasteiger partial charge in [0, 0.05) is 0 Å². The Hall–Kier alpha value is -2.70. The molecule has 0 unspecified atom stereocenters. The van der Waals surface area contributed by atoms with Crippen molar-refractivity contribution in [2.75, 3.05) is 12.0 Å². The van der Waals surface area contributed by atoms with Crippen molar-refractivity contribution in [1.82, 2.24) is 5.43 Å². The van der Waals surface area contributed by atoms with Gasteiger partial charge in [-0.05, 0) is 36.2 Å². The Bertz CT molecular complexity index is 685. The van der Waals surface area contributed by atoms with Crippen molar-refractivity contribution >= 4 is 11.6 Å². The zero-order chi connectivity index (χ0) is 17.6. The number of rotatable bonds is 6. The van der Waals surface area contributed by atoms with Crippen LogP contribution in [0.2, 0.25) is 0 Å². The lowest BCUT2D eigenvalue weighted by molar-refractivity contribution is -0.137. The molecule has 2 rings (SSSR count). The van der Waals surface area contributed by atoms with Crippen LogP contribution in [0.4, 0.5) is 18.9 Å². The third kappa shape index (κ3) is 4.91. The quantitative estimate of drug-likeness (QED) is 0.788. The van der Waals surface area contributed by atoms with Crippen molar-refractivity contribution in [3.63, 3.8) is 0 Å². The van der Waals surface area contributed by atoms with Crippen LogP contribution < -0.4 is 15.6 Å². The van der Waals surface area contributed by atoms with E-state index in [4.69, 9.17) is 4.74 Å². The van der Waals surface area contributed by atoms with E-state index in [1.807, 2.05) is 19.1 Å². The molecule has 0 atom stereocenters. The largest absolute Gasteiger partial charge is 0.484 e. The highest BCUT2D eigenvalue weighted by molar-refractivity contribution is 5.79. The fraction of sp³-hybridized carbons (Fsp3) is 0.235. The third-order valence-corrected chi connectivity index (χ3v) is 3.27. The summed E-state index contributed by atoms with van der Waals surface area (Å²) in [5.41, 5.74) is 4.51. The van der Waals surface area contributed by atoms with Gasteiger partial charge in [0.15, 0.2) is 6.61 Å². The van der Waals surface area contributed by atoms with Gasteiger partial charge in [-0.3, -0.25) is 15.6 Å². The summed E-state index contributed by atoms with van der Waals surface area (Å²) in [5, 5.41) is 0. The number of nitrogens with one attached hydrogen (secondary N) is 2. The number of anilines is 1. The lowest BCUT2D eigenvalue weighted by atomic mass is 10.2. The zero-order valence-electron chi connectivity index (χ0n) is 13.0. The first kappa shape index (κ1) is 17.7. The maximum Gasteiger partial charge on any atom is 0.418 e. The molecular formula is C17H17F3N2O2. The average Bonchev–Trinajstić information content (AvgIpc) is 2.58. The molecule has 24 heavy (non-hydrogen) atoms. The van der Waals surface area contributed by atoms with Crippen molar-refractivity contribution in [2.45, 2.75) is 19.5 Å². The van der Waals surface area contributed by atoms with E-state index < -0.39 is 17.6 Å².